The smallest absolute Gasteiger partial charge is 0.140 e. The van der Waals surface area contributed by atoms with Crippen molar-refractivity contribution >= 4 is 0 Å². The lowest BCUT2D eigenvalue weighted by molar-refractivity contribution is 0.248. The topological polar surface area (TPSA) is 27.0 Å². The predicted molar refractivity (Wildman–Crippen MR) is 77.4 cm³/mol. The monoisotopic (exact) mass is 286 g/mol. The molecule has 2 aromatic rings. The first kappa shape index (κ1) is 15.1. The highest BCUT2D eigenvalue weighted by Crippen LogP contribution is 2.23. The lowest BCUT2D eigenvalue weighted by Crippen LogP contribution is -2.22. The normalized spacial score (nSPS) is 12.2. The van der Waals surface area contributed by atoms with E-state index in [0.717, 1.165) is 5.56 Å². The second-order valence-corrected chi connectivity index (χ2v) is 5.04. The van der Waals surface area contributed by atoms with Crippen LogP contribution in [-0.2, 0) is 6.54 Å². The molecule has 0 radical (unpaired) electrons. The third kappa shape index (κ3) is 3.45. The van der Waals surface area contributed by atoms with Crippen LogP contribution in [0.1, 0.15) is 29.7 Å². The molecule has 2 rings (SSSR count). The maximum atomic E-state index is 13.8. The molecule has 0 aliphatic rings. The van der Waals surface area contributed by atoms with E-state index >= 15 is 0 Å². The summed E-state index contributed by atoms with van der Waals surface area (Å²) in [6, 6.07) is 12.8. The van der Waals surface area contributed by atoms with Crippen molar-refractivity contribution in [2.45, 2.75) is 19.5 Å². The summed E-state index contributed by atoms with van der Waals surface area (Å²) in [5, 5.41) is 8.85. The molecule has 0 heterocycles. The maximum absolute atomic E-state index is 13.8. The summed E-state index contributed by atoms with van der Waals surface area (Å²) in [6.45, 7) is 2.41. The van der Waals surface area contributed by atoms with Gasteiger partial charge in [-0.25, -0.2) is 8.78 Å². The van der Waals surface area contributed by atoms with Crippen LogP contribution in [-0.4, -0.2) is 11.9 Å². The lowest BCUT2D eigenvalue weighted by Gasteiger charge is -2.25. The zero-order valence-corrected chi connectivity index (χ0v) is 12.0. The van der Waals surface area contributed by atoms with Crippen molar-refractivity contribution in [3.63, 3.8) is 0 Å². The molecule has 1 atom stereocenters. The highest BCUT2D eigenvalue weighted by molar-refractivity contribution is 5.34. The van der Waals surface area contributed by atoms with Crippen LogP contribution in [0.5, 0.6) is 0 Å². The number of benzene rings is 2. The summed E-state index contributed by atoms with van der Waals surface area (Å²) in [5.41, 5.74) is 1.46. The molecule has 2 aromatic carbocycles. The summed E-state index contributed by atoms with van der Waals surface area (Å²) in [6.07, 6.45) is 0. The van der Waals surface area contributed by atoms with E-state index in [2.05, 4.69) is 0 Å². The Labute approximate surface area is 123 Å². The predicted octanol–water partition coefficient (Wildman–Crippen LogP) is 4.03. The van der Waals surface area contributed by atoms with Crippen molar-refractivity contribution in [2.75, 3.05) is 7.05 Å². The molecule has 2 nitrogen and oxygen atoms in total. The van der Waals surface area contributed by atoms with E-state index < -0.39 is 5.82 Å². The van der Waals surface area contributed by atoms with E-state index in [1.807, 2.05) is 24.9 Å². The van der Waals surface area contributed by atoms with Crippen LogP contribution in [0, 0.1) is 23.0 Å². The highest BCUT2D eigenvalue weighted by atomic mass is 19.1. The summed E-state index contributed by atoms with van der Waals surface area (Å²) < 4.78 is 27.1. The summed E-state index contributed by atoms with van der Waals surface area (Å²) in [7, 11) is 1.87. The Morgan fingerprint density at radius 2 is 1.86 bits per heavy atom. The summed E-state index contributed by atoms with van der Waals surface area (Å²) in [5.74, 6) is -0.764. The van der Waals surface area contributed by atoms with Crippen molar-refractivity contribution in [3.8, 4) is 6.07 Å². The van der Waals surface area contributed by atoms with Crippen LogP contribution >= 0.6 is 0 Å². The zero-order valence-electron chi connectivity index (χ0n) is 12.0. The average molecular weight is 286 g/mol. The van der Waals surface area contributed by atoms with Crippen LogP contribution in [0.25, 0.3) is 0 Å². The fourth-order valence-electron chi connectivity index (χ4n) is 2.23. The second kappa shape index (κ2) is 6.47. The molecular formula is C17H16F2N2. The van der Waals surface area contributed by atoms with Gasteiger partial charge in [0, 0.05) is 18.2 Å². The molecule has 0 amide bonds. The minimum atomic E-state index is -0.522. The Bertz CT molecular complexity index is 677. The van der Waals surface area contributed by atoms with Gasteiger partial charge in [-0.15, -0.1) is 0 Å². The van der Waals surface area contributed by atoms with Gasteiger partial charge >= 0.3 is 0 Å². The van der Waals surface area contributed by atoms with Crippen LogP contribution in [0.15, 0.2) is 42.5 Å². The van der Waals surface area contributed by atoms with Gasteiger partial charge in [0.2, 0.25) is 0 Å². The van der Waals surface area contributed by atoms with Crippen LogP contribution in [0.2, 0.25) is 0 Å². The van der Waals surface area contributed by atoms with E-state index in [0.29, 0.717) is 12.1 Å². The maximum Gasteiger partial charge on any atom is 0.140 e. The first-order valence-corrected chi connectivity index (χ1v) is 6.66. The van der Waals surface area contributed by atoms with Gasteiger partial charge in [-0.05, 0) is 37.7 Å². The fraction of sp³-hybridized carbons (Fsp3) is 0.235. The first-order chi connectivity index (χ1) is 10.0. The van der Waals surface area contributed by atoms with Gasteiger partial charge in [-0.3, -0.25) is 4.90 Å². The highest BCUT2D eigenvalue weighted by Gasteiger charge is 2.16. The molecule has 0 aliphatic heterocycles. The largest absolute Gasteiger partial charge is 0.295 e. The van der Waals surface area contributed by atoms with Crippen LogP contribution < -0.4 is 0 Å². The average Bonchev–Trinajstić information content (AvgIpc) is 2.49. The standard InChI is InChI=1S/C17H16F2N2/c1-12(15-5-3-4-6-17(15)19)21(2)11-13-7-8-16(18)14(9-13)10-20/h3-9,12H,11H2,1-2H3. The number of hydrogen-bond acceptors (Lipinski definition) is 2. The molecule has 0 saturated heterocycles. The van der Waals surface area contributed by atoms with E-state index in [-0.39, 0.29) is 17.4 Å². The van der Waals surface area contributed by atoms with Crippen molar-refractivity contribution in [1.82, 2.24) is 4.90 Å². The number of hydrogen-bond donors (Lipinski definition) is 0. The van der Waals surface area contributed by atoms with Crippen molar-refractivity contribution in [1.29, 1.82) is 5.26 Å². The Morgan fingerprint density at radius 3 is 2.52 bits per heavy atom. The minimum absolute atomic E-state index is 0.0273. The van der Waals surface area contributed by atoms with E-state index in [1.54, 1.807) is 24.3 Å². The van der Waals surface area contributed by atoms with Gasteiger partial charge in [0.15, 0.2) is 0 Å². The fourth-order valence-corrected chi connectivity index (χ4v) is 2.23. The summed E-state index contributed by atoms with van der Waals surface area (Å²) >= 11 is 0. The van der Waals surface area contributed by atoms with Gasteiger partial charge in [-0.2, -0.15) is 5.26 Å². The number of nitrogens with zero attached hydrogens (tertiary/aromatic N) is 2. The summed E-state index contributed by atoms with van der Waals surface area (Å²) in [4.78, 5) is 1.95. The van der Waals surface area contributed by atoms with E-state index in [4.69, 9.17) is 5.26 Å². The zero-order chi connectivity index (χ0) is 15.4. The van der Waals surface area contributed by atoms with Crippen LogP contribution in [0.3, 0.4) is 0 Å². The van der Waals surface area contributed by atoms with E-state index in [1.165, 1.54) is 18.2 Å². The van der Waals surface area contributed by atoms with Crippen LogP contribution in [0.4, 0.5) is 8.78 Å². The lowest BCUT2D eigenvalue weighted by atomic mass is 10.1. The number of nitriles is 1. The molecule has 0 fully saturated rings. The Hall–Kier alpha value is -2.25. The van der Waals surface area contributed by atoms with Gasteiger partial charge in [0.25, 0.3) is 0 Å². The third-order valence-corrected chi connectivity index (χ3v) is 3.60. The molecule has 0 saturated carbocycles. The molecule has 0 aliphatic carbocycles. The SMILES string of the molecule is CC(c1ccccc1F)N(C)Cc1ccc(F)c(C#N)c1. The first-order valence-electron chi connectivity index (χ1n) is 6.66. The number of halogens is 2. The Kier molecular flexibility index (Phi) is 4.66. The van der Waals surface area contributed by atoms with Crippen molar-refractivity contribution < 1.29 is 8.78 Å². The molecule has 0 bridgehead atoms. The van der Waals surface area contributed by atoms with Gasteiger partial charge < -0.3 is 0 Å². The van der Waals surface area contributed by atoms with E-state index in [9.17, 15) is 8.78 Å². The molecule has 108 valence electrons. The second-order valence-electron chi connectivity index (χ2n) is 5.04. The molecule has 0 N–H and O–H groups in total. The van der Waals surface area contributed by atoms with Crippen molar-refractivity contribution in [2.24, 2.45) is 0 Å². The van der Waals surface area contributed by atoms with Gasteiger partial charge in [0.05, 0.1) is 5.56 Å². The Balaban J connectivity index is 2.16. The number of rotatable bonds is 4. The van der Waals surface area contributed by atoms with Gasteiger partial charge in [-0.1, -0.05) is 24.3 Å². The molecule has 4 heteroatoms. The van der Waals surface area contributed by atoms with Gasteiger partial charge in [0.1, 0.15) is 17.7 Å². The molecule has 1 unspecified atom stereocenters. The molecule has 0 aromatic heterocycles. The molecule has 21 heavy (non-hydrogen) atoms. The quantitative estimate of drug-likeness (QED) is 0.848. The Morgan fingerprint density at radius 1 is 1.14 bits per heavy atom. The van der Waals surface area contributed by atoms with Crippen molar-refractivity contribution in [3.05, 3.63) is 70.8 Å². The minimum Gasteiger partial charge on any atom is -0.295 e. The third-order valence-electron chi connectivity index (χ3n) is 3.60. The molecular weight excluding hydrogens is 270 g/mol. The molecule has 0 spiro atoms.